The lowest BCUT2D eigenvalue weighted by molar-refractivity contribution is 0.0149. The number of nitrogens with two attached hydrogens (primary N) is 1. The molecule has 3 N–H and O–H groups in total. The maximum absolute atomic E-state index is 14.6. The summed E-state index contributed by atoms with van der Waals surface area (Å²) in [7, 11) is 0. The number of benzene rings is 1. The summed E-state index contributed by atoms with van der Waals surface area (Å²) in [5.41, 5.74) is 6.99. The van der Waals surface area contributed by atoms with E-state index in [1.54, 1.807) is 42.6 Å². The van der Waals surface area contributed by atoms with Crippen molar-refractivity contribution < 1.29 is 23.4 Å². The average molecular weight is 398 g/mol. The van der Waals surface area contributed by atoms with Gasteiger partial charge in [-0.15, -0.1) is 0 Å². The molecule has 7 heteroatoms. The van der Waals surface area contributed by atoms with Crippen LogP contribution in [0.5, 0.6) is 5.75 Å². The van der Waals surface area contributed by atoms with Crippen molar-refractivity contribution in [3.8, 4) is 29.0 Å². The van der Waals surface area contributed by atoms with Gasteiger partial charge in [0.15, 0.2) is 0 Å². The van der Waals surface area contributed by atoms with Crippen LogP contribution in [0.3, 0.4) is 0 Å². The third kappa shape index (κ3) is 3.87. The van der Waals surface area contributed by atoms with Gasteiger partial charge in [-0.3, -0.25) is 0 Å². The van der Waals surface area contributed by atoms with Crippen molar-refractivity contribution in [2.45, 2.75) is 32.8 Å². The Balaban J connectivity index is 2.34. The number of carboxylic acids is 1. The zero-order valence-electron chi connectivity index (χ0n) is 16.2. The number of pyridine rings is 1. The Kier molecular flexibility index (Phi) is 5.21. The minimum atomic E-state index is -3.19. The normalized spacial score (nSPS) is 11.4. The highest BCUT2D eigenvalue weighted by molar-refractivity contribution is 5.88. The summed E-state index contributed by atoms with van der Waals surface area (Å²) in [4.78, 5) is 11.1. The molecule has 0 atom stereocenters. The van der Waals surface area contributed by atoms with Gasteiger partial charge in [0.1, 0.15) is 5.75 Å². The Morgan fingerprint density at radius 2 is 1.90 bits per heavy atom. The zero-order chi connectivity index (χ0) is 21.3. The smallest absolute Gasteiger partial charge is 0.335 e. The molecule has 0 aliphatic rings. The molecule has 0 bridgehead atoms. The van der Waals surface area contributed by atoms with Crippen LogP contribution in [0.15, 0.2) is 42.6 Å². The monoisotopic (exact) mass is 398 g/mol. The lowest BCUT2D eigenvalue weighted by Crippen LogP contribution is -2.15. The molecule has 3 aromatic rings. The van der Waals surface area contributed by atoms with Crippen LogP contribution < -0.4 is 10.5 Å². The van der Waals surface area contributed by atoms with Gasteiger partial charge in [-0.25, -0.2) is 13.6 Å². The molecule has 0 aliphatic carbocycles. The summed E-state index contributed by atoms with van der Waals surface area (Å²) < 4.78 is 36.5. The summed E-state index contributed by atoms with van der Waals surface area (Å²) in [6.45, 7) is 4.33. The fourth-order valence-corrected chi connectivity index (χ4v) is 3.23. The number of hydrogen-bond acceptors (Lipinski definition) is 3. The number of carbonyl (C=O) groups is 1. The van der Waals surface area contributed by atoms with E-state index in [0.717, 1.165) is 6.92 Å². The van der Waals surface area contributed by atoms with Crippen molar-refractivity contribution in [1.29, 1.82) is 0 Å². The number of rotatable bonds is 5. The molecule has 150 valence electrons. The molecular formula is C22H20F2N2O3. The highest BCUT2D eigenvalue weighted by atomic mass is 19.3. The summed E-state index contributed by atoms with van der Waals surface area (Å²) in [5, 5.41) is 9.09. The second-order valence-corrected chi connectivity index (χ2v) is 6.92. The van der Waals surface area contributed by atoms with Gasteiger partial charge >= 0.3 is 5.97 Å². The molecule has 29 heavy (non-hydrogen) atoms. The summed E-state index contributed by atoms with van der Waals surface area (Å²) in [6, 6.07) is 11.6. The van der Waals surface area contributed by atoms with E-state index in [0.29, 0.717) is 16.8 Å². The van der Waals surface area contributed by atoms with Crippen LogP contribution in [0.4, 0.5) is 8.78 Å². The number of carboxylic acid groups (broad SMARTS) is 1. The number of alkyl halides is 2. The molecule has 0 amide bonds. The second kappa shape index (κ2) is 7.47. The van der Waals surface area contributed by atoms with E-state index >= 15 is 0 Å². The van der Waals surface area contributed by atoms with Gasteiger partial charge in [-0.05, 0) is 49.6 Å². The minimum Gasteiger partial charge on any atom is -0.490 e. The number of nitrogens with zero attached hydrogens (tertiary/aromatic N) is 1. The summed E-state index contributed by atoms with van der Waals surface area (Å²) >= 11 is 0. The van der Waals surface area contributed by atoms with Gasteiger partial charge in [-0.1, -0.05) is 12.1 Å². The quantitative estimate of drug-likeness (QED) is 0.491. The number of hydrogen-bond donors (Lipinski definition) is 2. The van der Waals surface area contributed by atoms with E-state index in [-0.39, 0.29) is 28.5 Å². The maximum Gasteiger partial charge on any atom is 0.335 e. The summed E-state index contributed by atoms with van der Waals surface area (Å²) in [6.07, 6.45) is 1.34. The van der Waals surface area contributed by atoms with Crippen molar-refractivity contribution in [2.75, 3.05) is 0 Å². The van der Waals surface area contributed by atoms with E-state index in [4.69, 9.17) is 15.6 Å². The Labute approximate surface area is 166 Å². The molecule has 0 saturated carbocycles. The van der Waals surface area contributed by atoms with E-state index in [1.807, 2.05) is 0 Å². The first kappa shape index (κ1) is 20.2. The molecule has 5 nitrogen and oxygen atoms in total. The van der Waals surface area contributed by atoms with E-state index in [2.05, 4.69) is 12.0 Å². The predicted molar refractivity (Wildman–Crippen MR) is 106 cm³/mol. The van der Waals surface area contributed by atoms with Crippen molar-refractivity contribution in [1.82, 2.24) is 4.40 Å². The Bertz CT molecular complexity index is 1130. The SMILES string of the molecule is CC(C)Oc1ccn2c(-c3ccc(C(=O)O)cc3)cc(C#CN)c2c1C(C)(F)F. The Morgan fingerprint density at radius 3 is 2.41 bits per heavy atom. The zero-order valence-corrected chi connectivity index (χ0v) is 16.2. The summed E-state index contributed by atoms with van der Waals surface area (Å²) in [5.74, 6) is -1.48. The van der Waals surface area contributed by atoms with Gasteiger partial charge in [0, 0.05) is 19.2 Å². The highest BCUT2D eigenvalue weighted by Crippen LogP contribution is 2.41. The van der Waals surface area contributed by atoms with E-state index in [9.17, 15) is 13.6 Å². The molecule has 0 aliphatic heterocycles. The topological polar surface area (TPSA) is 77.0 Å². The van der Waals surface area contributed by atoms with Crippen LogP contribution in [-0.2, 0) is 5.92 Å². The van der Waals surface area contributed by atoms with Crippen LogP contribution in [0.25, 0.3) is 16.8 Å². The maximum atomic E-state index is 14.6. The molecular weight excluding hydrogens is 378 g/mol. The van der Waals surface area contributed by atoms with E-state index in [1.165, 1.54) is 18.2 Å². The number of aromatic carboxylic acids is 1. The number of fused-ring (bicyclic) bond motifs is 1. The molecule has 1 aromatic carbocycles. The average Bonchev–Trinajstić information content (AvgIpc) is 2.99. The number of halogens is 2. The Hall–Kier alpha value is -3.53. The van der Waals surface area contributed by atoms with E-state index < -0.39 is 11.9 Å². The molecule has 3 rings (SSSR count). The number of aromatic nitrogens is 1. The van der Waals surface area contributed by atoms with Gasteiger partial charge in [0.2, 0.25) is 0 Å². The molecule has 2 heterocycles. The number of ether oxygens (including phenoxy) is 1. The predicted octanol–water partition coefficient (Wildman–Crippen LogP) is 4.47. The van der Waals surface area contributed by atoms with Crippen LogP contribution >= 0.6 is 0 Å². The first-order chi connectivity index (χ1) is 13.6. The van der Waals surface area contributed by atoms with Gasteiger partial charge in [0.25, 0.3) is 5.92 Å². The van der Waals surface area contributed by atoms with Crippen LogP contribution in [-0.4, -0.2) is 21.6 Å². The molecule has 0 spiro atoms. The lowest BCUT2D eigenvalue weighted by Gasteiger charge is -2.20. The van der Waals surface area contributed by atoms with Gasteiger partial charge in [0.05, 0.1) is 34.0 Å². The van der Waals surface area contributed by atoms with Gasteiger partial charge in [-0.2, -0.15) is 0 Å². The van der Waals surface area contributed by atoms with Crippen LogP contribution in [0.1, 0.15) is 42.3 Å². The third-order valence-corrected chi connectivity index (χ3v) is 4.33. The minimum absolute atomic E-state index is 0.0750. The Morgan fingerprint density at radius 1 is 1.24 bits per heavy atom. The molecule has 0 saturated heterocycles. The van der Waals surface area contributed by atoms with Crippen molar-refractivity contribution in [2.24, 2.45) is 5.73 Å². The van der Waals surface area contributed by atoms with Crippen molar-refractivity contribution in [3.05, 3.63) is 59.3 Å². The molecule has 0 unspecified atom stereocenters. The highest BCUT2D eigenvalue weighted by Gasteiger charge is 2.34. The second-order valence-electron chi connectivity index (χ2n) is 6.92. The fraction of sp³-hybridized carbons (Fsp3) is 0.227. The fourth-order valence-electron chi connectivity index (χ4n) is 3.23. The standard InChI is InChI=1S/C22H20F2N2O3/c1-13(2)29-18-9-11-26-17(14-4-6-15(7-5-14)21(27)28)12-16(8-10-25)20(26)19(18)22(3,23)24/h4-7,9,11-13H,25H2,1-3H3,(H,27,28). The van der Waals surface area contributed by atoms with Crippen LogP contribution in [0.2, 0.25) is 0 Å². The van der Waals surface area contributed by atoms with Crippen molar-refractivity contribution in [3.63, 3.8) is 0 Å². The lowest BCUT2D eigenvalue weighted by atomic mass is 10.1. The largest absolute Gasteiger partial charge is 0.490 e. The molecule has 2 aromatic heterocycles. The third-order valence-electron chi connectivity index (χ3n) is 4.33. The van der Waals surface area contributed by atoms with Crippen LogP contribution in [0, 0.1) is 12.0 Å². The first-order valence-corrected chi connectivity index (χ1v) is 8.92. The first-order valence-electron chi connectivity index (χ1n) is 8.92. The molecule has 0 radical (unpaired) electrons. The van der Waals surface area contributed by atoms with Crippen molar-refractivity contribution >= 4 is 11.5 Å². The van der Waals surface area contributed by atoms with Gasteiger partial charge < -0.3 is 20.0 Å². The molecule has 0 fully saturated rings.